The van der Waals surface area contributed by atoms with Crippen LogP contribution >= 0.6 is 47.5 Å². The molecule has 2 heterocycles. The highest BCUT2D eigenvalue weighted by atomic mass is 127. The Balaban J connectivity index is 0.00000180. The van der Waals surface area contributed by atoms with Gasteiger partial charge in [0.15, 0.2) is 5.96 Å². The monoisotopic (exact) mass is 415 g/mol. The maximum atomic E-state index is 4.31. The van der Waals surface area contributed by atoms with E-state index in [-0.39, 0.29) is 24.0 Å². The first-order valence-electron chi connectivity index (χ1n) is 7.02. The number of guanidine groups is 1. The summed E-state index contributed by atoms with van der Waals surface area (Å²) in [6, 6.07) is 0. The van der Waals surface area contributed by atoms with E-state index >= 15 is 0 Å². The molecule has 0 aromatic heterocycles. The molecule has 0 bridgehead atoms. The van der Waals surface area contributed by atoms with Gasteiger partial charge in [0.25, 0.3) is 0 Å². The van der Waals surface area contributed by atoms with Gasteiger partial charge in [-0.05, 0) is 48.9 Å². The van der Waals surface area contributed by atoms with E-state index in [1.54, 1.807) is 0 Å². The largest absolute Gasteiger partial charge is 0.356 e. The average molecular weight is 415 g/mol. The Morgan fingerprint density at radius 1 is 1.11 bits per heavy atom. The van der Waals surface area contributed by atoms with E-state index in [2.05, 4.69) is 39.1 Å². The summed E-state index contributed by atoms with van der Waals surface area (Å²) in [5.41, 5.74) is 0. The van der Waals surface area contributed by atoms with Gasteiger partial charge in [0.1, 0.15) is 0 Å². The lowest BCUT2D eigenvalue weighted by atomic mass is 10.0. The fourth-order valence-electron chi connectivity index (χ4n) is 2.43. The lowest BCUT2D eigenvalue weighted by molar-refractivity contribution is 0.479. The van der Waals surface area contributed by atoms with Crippen LogP contribution in [0.4, 0.5) is 0 Å². The molecule has 6 heteroatoms. The second-order valence-corrected chi connectivity index (χ2v) is 7.66. The van der Waals surface area contributed by atoms with Gasteiger partial charge in [0.05, 0.1) is 0 Å². The normalized spacial score (nSPS) is 24.9. The average Bonchev–Trinajstić information content (AvgIpc) is 2.93. The maximum absolute atomic E-state index is 4.31. The molecule has 0 aromatic carbocycles. The quantitative estimate of drug-likeness (QED) is 0.421. The van der Waals surface area contributed by atoms with Gasteiger partial charge < -0.3 is 10.6 Å². The number of aliphatic imine (C=N–C) groups is 1. The molecule has 3 nitrogen and oxygen atoms in total. The van der Waals surface area contributed by atoms with E-state index in [1.807, 2.05) is 7.05 Å². The molecule has 19 heavy (non-hydrogen) atoms. The van der Waals surface area contributed by atoms with Crippen LogP contribution in [0.25, 0.3) is 0 Å². The minimum Gasteiger partial charge on any atom is -0.356 e. The van der Waals surface area contributed by atoms with E-state index < -0.39 is 0 Å². The third-order valence-corrected chi connectivity index (χ3v) is 6.09. The van der Waals surface area contributed by atoms with Gasteiger partial charge in [-0.2, -0.15) is 23.5 Å². The van der Waals surface area contributed by atoms with Crippen molar-refractivity contribution in [1.82, 2.24) is 10.6 Å². The predicted molar refractivity (Wildman–Crippen MR) is 100 cm³/mol. The molecule has 0 aliphatic carbocycles. The van der Waals surface area contributed by atoms with Gasteiger partial charge in [0, 0.05) is 25.4 Å². The lowest BCUT2D eigenvalue weighted by Gasteiger charge is -2.23. The summed E-state index contributed by atoms with van der Waals surface area (Å²) in [6.45, 7) is 2.14. The molecule has 2 N–H and O–H groups in total. The molecule has 1 atom stereocenters. The SMILES string of the molecule is CN=C(NCC1CCSCC1)NCC1CCCS1.I. The maximum Gasteiger partial charge on any atom is 0.191 e. The zero-order valence-corrected chi connectivity index (χ0v) is 15.7. The van der Waals surface area contributed by atoms with Crippen molar-refractivity contribution >= 4 is 53.5 Å². The Kier molecular flexibility index (Phi) is 9.74. The summed E-state index contributed by atoms with van der Waals surface area (Å²) in [5, 5.41) is 7.73. The Morgan fingerprint density at radius 2 is 1.84 bits per heavy atom. The van der Waals surface area contributed by atoms with Crippen molar-refractivity contribution in [2.75, 3.05) is 37.4 Å². The summed E-state index contributed by atoms with van der Waals surface area (Å²) in [4.78, 5) is 4.31. The molecule has 0 saturated carbocycles. The highest BCUT2D eigenvalue weighted by molar-refractivity contribution is 14.0. The zero-order valence-electron chi connectivity index (χ0n) is 11.7. The molecule has 2 aliphatic heterocycles. The smallest absolute Gasteiger partial charge is 0.191 e. The first-order chi connectivity index (χ1) is 8.88. The molecule has 0 aromatic rings. The van der Waals surface area contributed by atoms with Crippen molar-refractivity contribution < 1.29 is 0 Å². The standard InChI is InChI=1S/C13H25N3S2.HI/c1-14-13(16-10-12-3-2-6-18-12)15-9-11-4-7-17-8-5-11;/h11-12H,2-10H2,1H3,(H2,14,15,16);1H. The van der Waals surface area contributed by atoms with Gasteiger partial charge in [-0.15, -0.1) is 24.0 Å². The number of hydrogen-bond acceptors (Lipinski definition) is 3. The van der Waals surface area contributed by atoms with Gasteiger partial charge >= 0.3 is 0 Å². The molecule has 0 spiro atoms. The molecule has 0 amide bonds. The van der Waals surface area contributed by atoms with Crippen molar-refractivity contribution in [3.8, 4) is 0 Å². The first kappa shape index (κ1) is 17.8. The summed E-state index contributed by atoms with van der Waals surface area (Å²) < 4.78 is 0. The lowest BCUT2D eigenvalue weighted by Crippen LogP contribution is -2.42. The Labute approximate surface area is 142 Å². The molecule has 2 fully saturated rings. The van der Waals surface area contributed by atoms with Gasteiger partial charge in [-0.25, -0.2) is 0 Å². The van der Waals surface area contributed by atoms with E-state index in [9.17, 15) is 0 Å². The Morgan fingerprint density at radius 3 is 2.47 bits per heavy atom. The van der Waals surface area contributed by atoms with Crippen molar-refractivity contribution in [3.05, 3.63) is 0 Å². The van der Waals surface area contributed by atoms with Crippen molar-refractivity contribution in [2.45, 2.75) is 30.9 Å². The molecule has 2 rings (SSSR count). The van der Waals surface area contributed by atoms with E-state index in [1.165, 1.54) is 42.9 Å². The summed E-state index contributed by atoms with van der Waals surface area (Å²) >= 11 is 4.18. The van der Waals surface area contributed by atoms with Crippen LogP contribution in [0.3, 0.4) is 0 Å². The molecule has 2 saturated heterocycles. The van der Waals surface area contributed by atoms with Crippen LogP contribution in [0, 0.1) is 5.92 Å². The van der Waals surface area contributed by atoms with Crippen LogP contribution in [0.5, 0.6) is 0 Å². The Bertz CT molecular complexity index is 265. The minimum atomic E-state index is 0. The van der Waals surface area contributed by atoms with Gasteiger partial charge in [-0.1, -0.05) is 0 Å². The fourth-order valence-corrected chi connectivity index (χ4v) is 4.83. The molecule has 112 valence electrons. The van der Waals surface area contributed by atoms with Crippen LogP contribution in [0.15, 0.2) is 4.99 Å². The second kappa shape index (κ2) is 10.4. The highest BCUT2D eigenvalue weighted by Gasteiger charge is 2.16. The third kappa shape index (κ3) is 6.80. The molecule has 0 radical (unpaired) electrons. The number of nitrogens with one attached hydrogen (secondary N) is 2. The van der Waals surface area contributed by atoms with Crippen LogP contribution in [0.1, 0.15) is 25.7 Å². The van der Waals surface area contributed by atoms with Crippen LogP contribution in [-0.2, 0) is 0 Å². The van der Waals surface area contributed by atoms with Crippen molar-refractivity contribution in [2.24, 2.45) is 10.9 Å². The number of nitrogens with zero attached hydrogens (tertiary/aromatic N) is 1. The van der Waals surface area contributed by atoms with E-state index in [0.29, 0.717) is 0 Å². The van der Waals surface area contributed by atoms with Gasteiger partial charge in [-0.3, -0.25) is 4.99 Å². The van der Waals surface area contributed by atoms with Crippen LogP contribution < -0.4 is 10.6 Å². The number of rotatable bonds is 4. The second-order valence-electron chi connectivity index (χ2n) is 5.02. The molecule has 1 unspecified atom stereocenters. The summed E-state index contributed by atoms with van der Waals surface area (Å²) in [6.07, 6.45) is 5.44. The van der Waals surface area contributed by atoms with E-state index in [0.717, 1.165) is 30.2 Å². The van der Waals surface area contributed by atoms with Crippen molar-refractivity contribution in [3.63, 3.8) is 0 Å². The topological polar surface area (TPSA) is 36.4 Å². The number of halogens is 1. The van der Waals surface area contributed by atoms with Crippen LogP contribution in [-0.4, -0.2) is 48.6 Å². The number of thioether (sulfide) groups is 2. The highest BCUT2D eigenvalue weighted by Crippen LogP contribution is 2.25. The van der Waals surface area contributed by atoms with Crippen LogP contribution in [0.2, 0.25) is 0 Å². The first-order valence-corrected chi connectivity index (χ1v) is 9.22. The number of hydrogen-bond donors (Lipinski definition) is 2. The zero-order chi connectivity index (χ0) is 12.6. The van der Waals surface area contributed by atoms with Gasteiger partial charge in [0.2, 0.25) is 0 Å². The summed E-state index contributed by atoms with van der Waals surface area (Å²) in [5.74, 6) is 5.82. The third-order valence-electron chi connectivity index (χ3n) is 3.64. The van der Waals surface area contributed by atoms with E-state index in [4.69, 9.17) is 0 Å². The minimum absolute atomic E-state index is 0. The fraction of sp³-hybridized carbons (Fsp3) is 0.923. The van der Waals surface area contributed by atoms with Crippen molar-refractivity contribution in [1.29, 1.82) is 0 Å². The molecular weight excluding hydrogens is 389 g/mol. The molecular formula is C13H26IN3S2. The summed E-state index contributed by atoms with van der Waals surface area (Å²) in [7, 11) is 1.87. The Hall–Kier alpha value is 0.700. The molecule has 2 aliphatic rings. The predicted octanol–water partition coefficient (Wildman–Crippen LogP) is 2.81.